The highest BCUT2D eigenvalue weighted by atomic mass is 16.5. The first-order valence-electron chi connectivity index (χ1n) is 5.11. The SMILES string of the molecule is CCOC(=O)c1c(C)cc(B(O)O)cc1C. The minimum absolute atomic E-state index is 0.322. The van der Waals surface area contributed by atoms with Gasteiger partial charge in [0.2, 0.25) is 0 Å². The number of esters is 1. The Kier molecular flexibility index (Phi) is 4.09. The smallest absolute Gasteiger partial charge is 0.462 e. The largest absolute Gasteiger partial charge is 0.488 e. The van der Waals surface area contributed by atoms with E-state index in [4.69, 9.17) is 14.8 Å². The molecule has 1 aromatic carbocycles. The van der Waals surface area contributed by atoms with Crippen molar-refractivity contribution in [2.45, 2.75) is 20.8 Å². The standard InChI is InChI=1S/C11H15BO4/c1-4-16-11(13)10-7(2)5-9(12(14)15)6-8(10)3/h5-6,14-15H,4H2,1-3H3. The molecule has 0 saturated carbocycles. The van der Waals surface area contributed by atoms with Crippen molar-refractivity contribution in [3.05, 3.63) is 28.8 Å². The number of hydrogen-bond acceptors (Lipinski definition) is 4. The molecule has 0 aliphatic carbocycles. The molecule has 86 valence electrons. The van der Waals surface area contributed by atoms with Crippen LogP contribution in [0.1, 0.15) is 28.4 Å². The van der Waals surface area contributed by atoms with E-state index in [0.717, 1.165) is 0 Å². The van der Waals surface area contributed by atoms with Crippen LogP contribution < -0.4 is 5.46 Å². The molecule has 0 aromatic heterocycles. The summed E-state index contributed by atoms with van der Waals surface area (Å²) in [6.07, 6.45) is 0. The van der Waals surface area contributed by atoms with Gasteiger partial charge in [0.05, 0.1) is 12.2 Å². The fourth-order valence-corrected chi connectivity index (χ4v) is 1.67. The molecule has 5 heteroatoms. The lowest BCUT2D eigenvalue weighted by atomic mass is 9.78. The van der Waals surface area contributed by atoms with Crippen LogP contribution in [0, 0.1) is 13.8 Å². The molecule has 0 spiro atoms. The number of carbonyl (C=O) groups excluding carboxylic acids is 1. The summed E-state index contributed by atoms with van der Waals surface area (Å²) >= 11 is 0. The Morgan fingerprint density at radius 1 is 1.31 bits per heavy atom. The molecule has 0 saturated heterocycles. The van der Waals surface area contributed by atoms with Crippen molar-refractivity contribution in [3.8, 4) is 0 Å². The maximum atomic E-state index is 11.6. The fraction of sp³-hybridized carbons (Fsp3) is 0.364. The topological polar surface area (TPSA) is 66.8 Å². The van der Waals surface area contributed by atoms with Gasteiger partial charge in [-0.25, -0.2) is 4.79 Å². The summed E-state index contributed by atoms with van der Waals surface area (Å²) < 4.78 is 4.93. The summed E-state index contributed by atoms with van der Waals surface area (Å²) in [5.41, 5.74) is 2.23. The minimum atomic E-state index is -1.52. The number of ether oxygens (including phenoxy) is 1. The zero-order valence-corrected chi connectivity index (χ0v) is 9.65. The van der Waals surface area contributed by atoms with Gasteiger partial charge in [0.15, 0.2) is 0 Å². The zero-order valence-electron chi connectivity index (χ0n) is 9.65. The van der Waals surface area contributed by atoms with Crippen LogP contribution in [0.2, 0.25) is 0 Å². The zero-order chi connectivity index (χ0) is 12.3. The molecule has 1 rings (SSSR count). The predicted molar refractivity (Wildman–Crippen MR) is 61.7 cm³/mol. The normalized spacial score (nSPS) is 10.1. The highest BCUT2D eigenvalue weighted by Crippen LogP contribution is 2.13. The van der Waals surface area contributed by atoms with E-state index in [2.05, 4.69) is 0 Å². The number of carbonyl (C=O) groups is 1. The molecule has 0 heterocycles. The summed E-state index contributed by atoms with van der Waals surface area (Å²) in [6, 6.07) is 3.15. The fourth-order valence-electron chi connectivity index (χ4n) is 1.67. The lowest BCUT2D eigenvalue weighted by molar-refractivity contribution is 0.0524. The summed E-state index contributed by atoms with van der Waals surface area (Å²) in [6.45, 7) is 5.55. The van der Waals surface area contributed by atoms with E-state index in [1.54, 1.807) is 32.9 Å². The van der Waals surface area contributed by atoms with Crippen molar-refractivity contribution >= 4 is 18.6 Å². The van der Waals surface area contributed by atoms with Crippen molar-refractivity contribution in [2.24, 2.45) is 0 Å². The molecule has 16 heavy (non-hydrogen) atoms. The van der Waals surface area contributed by atoms with Gasteiger partial charge in [-0.15, -0.1) is 0 Å². The molecule has 4 nitrogen and oxygen atoms in total. The van der Waals surface area contributed by atoms with Gasteiger partial charge in [-0.1, -0.05) is 12.1 Å². The van der Waals surface area contributed by atoms with Gasteiger partial charge in [0.1, 0.15) is 0 Å². The van der Waals surface area contributed by atoms with Crippen LogP contribution in [0.5, 0.6) is 0 Å². The maximum absolute atomic E-state index is 11.6. The van der Waals surface area contributed by atoms with Crippen LogP contribution >= 0.6 is 0 Å². The molecule has 0 bridgehead atoms. The third-order valence-corrected chi connectivity index (χ3v) is 2.33. The second-order valence-electron chi connectivity index (χ2n) is 3.62. The van der Waals surface area contributed by atoms with Crippen LogP contribution in [0.3, 0.4) is 0 Å². The molecular formula is C11H15BO4. The van der Waals surface area contributed by atoms with E-state index >= 15 is 0 Å². The summed E-state index contributed by atoms with van der Waals surface area (Å²) in [5, 5.41) is 18.1. The van der Waals surface area contributed by atoms with Crippen molar-refractivity contribution in [2.75, 3.05) is 6.61 Å². The van der Waals surface area contributed by atoms with Crippen molar-refractivity contribution < 1.29 is 19.6 Å². The molecule has 0 atom stereocenters. The van der Waals surface area contributed by atoms with Crippen LogP contribution in [0.25, 0.3) is 0 Å². The highest BCUT2D eigenvalue weighted by Gasteiger charge is 2.18. The Balaban J connectivity index is 3.17. The van der Waals surface area contributed by atoms with E-state index < -0.39 is 7.12 Å². The van der Waals surface area contributed by atoms with Gasteiger partial charge in [0, 0.05) is 0 Å². The van der Waals surface area contributed by atoms with Gasteiger partial charge in [-0.05, 0) is 37.4 Å². The van der Waals surface area contributed by atoms with E-state index in [9.17, 15) is 4.79 Å². The van der Waals surface area contributed by atoms with Crippen molar-refractivity contribution in [1.29, 1.82) is 0 Å². The van der Waals surface area contributed by atoms with E-state index in [0.29, 0.717) is 28.8 Å². The molecule has 0 fully saturated rings. The van der Waals surface area contributed by atoms with Crippen LogP contribution in [-0.2, 0) is 4.74 Å². The quantitative estimate of drug-likeness (QED) is 0.564. The number of benzene rings is 1. The number of hydrogen-bond donors (Lipinski definition) is 2. The Bertz CT molecular complexity index is 378. The summed E-state index contributed by atoms with van der Waals surface area (Å²) in [5.74, 6) is -0.378. The van der Waals surface area contributed by atoms with Gasteiger partial charge < -0.3 is 14.8 Å². The first-order chi connectivity index (χ1) is 7.47. The molecule has 0 unspecified atom stereocenters. The molecule has 1 aromatic rings. The molecule has 0 amide bonds. The molecular weight excluding hydrogens is 207 g/mol. The van der Waals surface area contributed by atoms with Crippen LogP contribution in [0.15, 0.2) is 12.1 Å². The number of rotatable bonds is 3. The molecule has 0 radical (unpaired) electrons. The molecule has 0 aliphatic heterocycles. The number of aryl methyl sites for hydroxylation is 2. The average molecular weight is 222 g/mol. The van der Waals surface area contributed by atoms with Gasteiger partial charge >= 0.3 is 13.1 Å². The van der Waals surface area contributed by atoms with E-state index in [1.807, 2.05) is 0 Å². The van der Waals surface area contributed by atoms with Crippen LogP contribution in [-0.4, -0.2) is 29.7 Å². The Morgan fingerprint density at radius 2 is 1.81 bits per heavy atom. The van der Waals surface area contributed by atoms with E-state index in [-0.39, 0.29) is 5.97 Å². The van der Waals surface area contributed by atoms with Gasteiger partial charge in [-0.3, -0.25) is 0 Å². The molecule has 2 N–H and O–H groups in total. The maximum Gasteiger partial charge on any atom is 0.488 e. The van der Waals surface area contributed by atoms with Crippen molar-refractivity contribution in [1.82, 2.24) is 0 Å². The predicted octanol–water partition coefficient (Wildman–Crippen LogP) is 0.160. The first kappa shape index (κ1) is 12.7. The Labute approximate surface area is 95.0 Å². The summed E-state index contributed by atoms with van der Waals surface area (Å²) in [7, 11) is -1.52. The Morgan fingerprint density at radius 3 is 2.19 bits per heavy atom. The lowest BCUT2D eigenvalue weighted by Crippen LogP contribution is -2.31. The molecule has 0 aliphatic rings. The monoisotopic (exact) mass is 222 g/mol. The van der Waals surface area contributed by atoms with E-state index in [1.165, 1.54) is 0 Å². The van der Waals surface area contributed by atoms with Crippen LogP contribution in [0.4, 0.5) is 0 Å². The average Bonchev–Trinajstić information content (AvgIpc) is 2.16. The third-order valence-electron chi connectivity index (χ3n) is 2.33. The Hall–Kier alpha value is -1.33. The van der Waals surface area contributed by atoms with Crippen molar-refractivity contribution in [3.63, 3.8) is 0 Å². The first-order valence-corrected chi connectivity index (χ1v) is 5.11. The third kappa shape index (κ3) is 2.62. The van der Waals surface area contributed by atoms with Gasteiger partial charge in [-0.2, -0.15) is 0 Å². The highest BCUT2D eigenvalue weighted by molar-refractivity contribution is 6.58. The minimum Gasteiger partial charge on any atom is -0.462 e. The van der Waals surface area contributed by atoms with Gasteiger partial charge in [0.25, 0.3) is 0 Å². The second kappa shape index (κ2) is 5.14. The second-order valence-corrected chi connectivity index (χ2v) is 3.62. The summed E-state index contributed by atoms with van der Waals surface area (Å²) in [4.78, 5) is 11.6. The lowest BCUT2D eigenvalue weighted by Gasteiger charge is -2.11.